The van der Waals surface area contributed by atoms with Gasteiger partial charge >= 0.3 is 5.97 Å². The Kier molecular flexibility index (Phi) is 8.14. The summed E-state index contributed by atoms with van der Waals surface area (Å²) in [4.78, 5) is 45.1. The number of benzene rings is 1. The maximum absolute atomic E-state index is 14.5. The van der Waals surface area contributed by atoms with Crippen molar-refractivity contribution >= 4 is 23.5 Å². The maximum atomic E-state index is 14.5. The van der Waals surface area contributed by atoms with Gasteiger partial charge in [-0.1, -0.05) is 24.3 Å². The van der Waals surface area contributed by atoms with Gasteiger partial charge in [-0.25, -0.2) is 0 Å². The lowest BCUT2D eigenvalue weighted by Crippen LogP contribution is -2.56. The van der Waals surface area contributed by atoms with E-state index in [1.165, 1.54) is 4.90 Å². The number of carbonyl (C=O) groups is 3. The molecule has 2 unspecified atom stereocenters. The molecule has 0 radical (unpaired) electrons. The highest BCUT2D eigenvalue weighted by molar-refractivity contribution is 6.05. The fraction of sp³-hybridized carbons (Fsp3) is 0.567. The third-order valence-electron chi connectivity index (χ3n) is 8.35. The lowest BCUT2D eigenvalue weighted by molar-refractivity contribution is -0.159. The summed E-state index contributed by atoms with van der Waals surface area (Å²) in [6, 6.07) is 4.99. The lowest BCUT2D eigenvalue weighted by Gasteiger charge is -2.37. The first-order valence-electron chi connectivity index (χ1n) is 13.5. The van der Waals surface area contributed by atoms with Gasteiger partial charge in [-0.3, -0.25) is 14.4 Å². The van der Waals surface area contributed by atoms with Crippen molar-refractivity contribution in [2.24, 2.45) is 11.8 Å². The van der Waals surface area contributed by atoms with Crippen LogP contribution in [0.1, 0.15) is 50.2 Å². The van der Waals surface area contributed by atoms with E-state index >= 15 is 0 Å². The monoisotopic (exact) mass is 524 g/mol. The van der Waals surface area contributed by atoms with E-state index < -0.39 is 35.0 Å². The third-order valence-corrected chi connectivity index (χ3v) is 8.35. The average molecular weight is 525 g/mol. The fourth-order valence-corrected chi connectivity index (χ4v) is 6.63. The van der Waals surface area contributed by atoms with Gasteiger partial charge in [-0.2, -0.15) is 0 Å². The standard InChI is InChI=1S/C30H40N2O6/c1-6-8-9-18-37-28(36)24-23-26(34)32(16-10-17-33)25(30(23)14-13-29(24,5)38-30)27(35)31(15-7-2)22-19-20(3)11-12-21(22)4/h6-7,11-12,19,23-25,33H,1-2,8-10,13-18H2,3-5H3/t23-,24+,25?,29-,30?/m0/s1. The van der Waals surface area contributed by atoms with Crippen molar-refractivity contribution in [3.05, 3.63) is 54.6 Å². The highest BCUT2D eigenvalue weighted by Crippen LogP contribution is 2.63. The molecule has 1 N–H and O–H groups in total. The number of carbonyl (C=O) groups excluding carboxylic acids is 3. The number of amides is 2. The van der Waals surface area contributed by atoms with Crippen LogP contribution in [0.2, 0.25) is 0 Å². The highest BCUT2D eigenvalue weighted by atomic mass is 16.6. The summed E-state index contributed by atoms with van der Waals surface area (Å²) in [5.41, 5.74) is 0.658. The van der Waals surface area contributed by atoms with Gasteiger partial charge in [-0.05, 0) is 70.1 Å². The number of aliphatic hydroxyl groups excluding tert-OH is 1. The van der Waals surface area contributed by atoms with E-state index in [0.29, 0.717) is 25.7 Å². The first-order chi connectivity index (χ1) is 18.1. The third kappa shape index (κ3) is 4.58. The van der Waals surface area contributed by atoms with E-state index in [1.54, 1.807) is 17.1 Å². The number of aryl methyl sites for hydroxylation is 2. The van der Waals surface area contributed by atoms with Gasteiger partial charge in [-0.15, -0.1) is 13.2 Å². The maximum Gasteiger partial charge on any atom is 0.312 e. The molecule has 1 aromatic carbocycles. The van der Waals surface area contributed by atoms with Crippen LogP contribution in [0.3, 0.4) is 0 Å². The number of anilines is 1. The Morgan fingerprint density at radius 2 is 2.00 bits per heavy atom. The molecular weight excluding hydrogens is 484 g/mol. The van der Waals surface area contributed by atoms with Crippen LogP contribution < -0.4 is 4.90 Å². The van der Waals surface area contributed by atoms with Crippen molar-refractivity contribution in [1.29, 1.82) is 0 Å². The SMILES string of the molecule is C=CCCCOC(=O)[C@H]1[C@H]2C(=O)N(CCCO)C(C(=O)N(CC=C)c3cc(C)ccc3C)C23CC[C@]1(C)O3. The van der Waals surface area contributed by atoms with E-state index in [4.69, 9.17) is 9.47 Å². The molecular formula is C30H40N2O6. The van der Waals surface area contributed by atoms with Gasteiger partial charge in [0, 0.05) is 25.4 Å². The van der Waals surface area contributed by atoms with Crippen LogP contribution in [0.4, 0.5) is 5.69 Å². The molecule has 8 heteroatoms. The van der Waals surface area contributed by atoms with E-state index in [-0.39, 0.29) is 38.1 Å². The van der Waals surface area contributed by atoms with Crippen molar-refractivity contribution in [2.45, 2.75) is 70.1 Å². The molecule has 4 rings (SSSR count). The molecule has 206 valence electrons. The number of esters is 1. The molecule has 5 atom stereocenters. The van der Waals surface area contributed by atoms with Crippen LogP contribution in [-0.2, 0) is 23.9 Å². The minimum absolute atomic E-state index is 0.122. The van der Waals surface area contributed by atoms with Gasteiger partial charge in [0.1, 0.15) is 17.6 Å². The largest absolute Gasteiger partial charge is 0.465 e. The summed E-state index contributed by atoms with van der Waals surface area (Å²) in [5, 5.41) is 9.57. The Bertz CT molecular complexity index is 1120. The number of aliphatic hydroxyl groups is 1. The smallest absolute Gasteiger partial charge is 0.312 e. The zero-order valence-electron chi connectivity index (χ0n) is 22.8. The normalized spacial score (nSPS) is 29.3. The molecule has 2 amide bonds. The summed E-state index contributed by atoms with van der Waals surface area (Å²) >= 11 is 0. The average Bonchev–Trinajstić information content (AvgIpc) is 3.45. The molecule has 1 spiro atoms. The second kappa shape index (κ2) is 11.0. The Morgan fingerprint density at radius 3 is 2.68 bits per heavy atom. The number of allylic oxidation sites excluding steroid dienone is 1. The van der Waals surface area contributed by atoms with Crippen molar-refractivity contribution in [3.63, 3.8) is 0 Å². The Balaban J connectivity index is 1.74. The van der Waals surface area contributed by atoms with Gasteiger partial charge in [0.15, 0.2) is 0 Å². The molecule has 0 saturated carbocycles. The van der Waals surface area contributed by atoms with E-state index in [1.807, 2.05) is 39.0 Å². The van der Waals surface area contributed by atoms with Crippen molar-refractivity contribution in [2.75, 3.05) is 31.2 Å². The van der Waals surface area contributed by atoms with Crippen LogP contribution >= 0.6 is 0 Å². The molecule has 0 aromatic heterocycles. The summed E-state index contributed by atoms with van der Waals surface area (Å²) in [6.45, 7) is 13.9. The lowest BCUT2D eigenvalue weighted by atomic mass is 9.66. The first-order valence-corrected chi connectivity index (χ1v) is 13.5. The number of nitrogens with zero attached hydrogens (tertiary/aromatic N) is 2. The number of hydrogen-bond donors (Lipinski definition) is 1. The van der Waals surface area contributed by atoms with Crippen LogP contribution in [0, 0.1) is 25.7 Å². The molecule has 8 nitrogen and oxygen atoms in total. The Labute approximate surface area is 225 Å². The number of fused-ring (bicyclic) bond motifs is 1. The minimum atomic E-state index is -1.14. The summed E-state index contributed by atoms with van der Waals surface area (Å²) < 4.78 is 12.3. The van der Waals surface area contributed by atoms with Crippen LogP contribution in [-0.4, -0.2) is 71.3 Å². The van der Waals surface area contributed by atoms with Gasteiger partial charge in [0.05, 0.1) is 18.1 Å². The second-order valence-corrected chi connectivity index (χ2v) is 11.0. The number of rotatable bonds is 12. The summed E-state index contributed by atoms with van der Waals surface area (Å²) in [6.07, 6.45) is 6.16. The number of unbranched alkanes of at least 4 members (excludes halogenated alkanes) is 1. The van der Waals surface area contributed by atoms with Crippen LogP contribution in [0.5, 0.6) is 0 Å². The van der Waals surface area contributed by atoms with E-state index in [2.05, 4.69) is 13.2 Å². The Hall–Kier alpha value is -2.97. The van der Waals surface area contributed by atoms with Crippen molar-refractivity contribution in [1.82, 2.24) is 4.90 Å². The predicted molar refractivity (Wildman–Crippen MR) is 144 cm³/mol. The molecule has 3 aliphatic heterocycles. The topological polar surface area (TPSA) is 96.4 Å². The zero-order chi connectivity index (χ0) is 27.7. The number of likely N-dealkylation sites (tertiary alicyclic amines) is 1. The van der Waals surface area contributed by atoms with Crippen LogP contribution in [0.15, 0.2) is 43.5 Å². The van der Waals surface area contributed by atoms with Gasteiger partial charge in [0.2, 0.25) is 5.91 Å². The second-order valence-electron chi connectivity index (χ2n) is 11.0. The predicted octanol–water partition coefficient (Wildman–Crippen LogP) is 3.48. The molecule has 1 aromatic rings. The number of ether oxygens (including phenoxy) is 2. The molecule has 3 heterocycles. The molecule has 0 aliphatic carbocycles. The summed E-state index contributed by atoms with van der Waals surface area (Å²) in [7, 11) is 0. The number of hydrogen-bond acceptors (Lipinski definition) is 6. The minimum Gasteiger partial charge on any atom is -0.465 e. The molecule has 3 fully saturated rings. The molecule has 3 saturated heterocycles. The van der Waals surface area contributed by atoms with Gasteiger partial charge in [0.25, 0.3) is 5.91 Å². The first kappa shape index (κ1) is 28.0. The summed E-state index contributed by atoms with van der Waals surface area (Å²) in [5.74, 6) is -2.62. The van der Waals surface area contributed by atoms with Crippen LogP contribution in [0.25, 0.3) is 0 Å². The van der Waals surface area contributed by atoms with E-state index in [0.717, 1.165) is 23.2 Å². The quantitative estimate of drug-likeness (QED) is 0.256. The molecule has 38 heavy (non-hydrogen) atoms. The van der Waals surface area contributed by atoms with Crippen molar-refractivity contribution in [3.8, 4) is 0 Å². The van der Waals surface area contributed by atoms with Crippen molar-refractivity contribution < 1.29 is 29.0 Å². The zero-order valence-corrected chi connectivity index (χ0v) is 22.8. The fourth-order valence-electron chi connectivity index (χ4n) is 6.63. The van der Waals surface area contributed by atoms with E-state index in [9.17, 15) is 19.5 Å². The van der Waals surface area contributed by atoms with Gasteiger partial charge < -0.3 is 24.4 Å². The Morgan fingerprint density at radius 1 is 1.24 bits per heavy atom. The molecule has 3 aliphatic rings. The molecule has 2 bridgehead atoms. The highest BCUT2D eigenvalue weighted by Gasteiger charge is 2.78.